The molecule has 2 aliphatic rings. The summed E-state index contributed by atoms with van der Waals surface area (Å²) in [6.07, 6.45) is 3.38. The molecule has 4 nitrogen and oxygen atoms in total. The number of hydrogen-bond acceptors (Lipinski definition) is 4. The van der Waals surface area contributed by atoms with E-state index in [0.29, 0.717) is 6.61 Å². The first-order chi connectivity index (χ1) is 6.19. The van der Waals surface area contributed by atoms with Crippen LogP contribution in [0.3, 0.4) is 0 Å². The van der Waals surface area contributed by atoms with E-state index in [-0.39, 0.29) is 17.2 Å². The maximum Gasteiger partial charge on any atom is 0.252 e. The quantitative estimate of drug-likeness (QED) is 0.502. The summed E-state index contributed by atoms with van der Waals surface area (Å²) in [4.78, 5) is 0.186. The van der Waals surface area contributed by atoms with Crippen LogP contribution in [0.2, 0.25) is 0 Å². The van der Waals surface area contributed by atoms with Gasteiger partial charge in [0.05, 0.1) is 6.61 Å². The normalized spacial score (nSPS) is 42.2. The highest BCUT2D eigenvalue weighted by atomic mass is 32.1. The van der Waals surface area contributed by atoms with Crippen LogP contribution in [0.15, 0.2) is 12.2 Å². The predicted molar refractivity (Wildman–Crippen MR) is 50.3 cm³/mol. The molecule has 0 aromatic carbocycles. The molecule has 0 saturated carbocycles. The van der Waals surface area contributed by atoms with Crippen molar-refractivity contribution in [2.75, 3.05) is 13.7 Å². The molecule has 2 heterocycles. The topological polar surface area (TPSA) is 53.7 Å². The van der Waals surface area contributed by atoms with Gasteiger partial charge in [-0.3, -0.25) is 0 Å². The molecule has 0 unspecified atom stereocenters. The maximum atomic E-state index is 5.57. The van der Waals surface area contributed by atoms with Crippen LogP contribution in [0, 0.1) is 0 Å². The van der Waals surface area contributed by atoms with Crippen LogP contribution in [0.4, 0.5) is 0 Å². The van der Waals surface area contributed by atoms with E-state index in [0.717, 1.165) is 0 Å². The number of methoxy groups -OCH3 is 1. The first-order valence-corrected chi connectivity index (χ1v) is 4.42. The van der Waals surface area contributed by atoms with Crippen LogP contribution < -0.4 is 5.73 Å². The maximum absolute atomic E-state index is 5.57. The summed E-state index contributed by atoms with van der Waals surface area (Å²) in [5.41, 5.74) is 5.57. The van der Waals surface area contributed by atoms with Gasteiger partial charge in [0, 0.05) is 7.11 Å². The molecule has 13 heavy (non-hydrogen) atoms. The Morgan fingerprint density at radius 3 is 3.08 bits per heavy atom. The molecule has 0 aromatic heterocycles. The van der Waals surface area contributed by atoms with Gasteiger partial charge in [0.2, 0.25) is 0 Å². The number of hydrogen-bond donors (Lipinski definition) is 1. The van der Waals surface area contributed by atoms with Gasteiger partial charge < -0.3 is 19.9 Å². The zero-order valence-corrected chi connectivity index (χ0v) is 8.04. The molecule has 0 radical (unpaired) electrons. The van der Waals surface area contributed by atoms with Crippen molar-refractivity contribution in [3.8, 4) is 0 Å². The lowest BCUT2D eigenvalue weighted by molar-refractivity contribution is -0.172. The van der Waals surface area contributed by atoms with Gasteiger partial charge in [0.15, 0.2) is 0 Å². The number of ether oxygens (including phenoxy) is 3. The number of rotatable bonds is 2. The van der Waals surface area contributed by atoms with Gasteiger partial charge in [-0.1, -0.05) is 24.4 Å². The smallest absolute Gasteiger partial charge is 0.252 e. The van der Waals surface area contributed by atoms with Crippen molar-refractivity contribution in [1.82, 2.24) is 0 Å². The summed E-state index contributed by atoms with van der Waals surface area (Å²) in [6.45, 7) is 0.480. The fourth-order valence-electron chi connectivity index (χ4n) is 1.60. The number of nitrogens with two attached hydrogens (primary N) is 1. The highest BCUT2D eigenvalue weighted by Gasteiger charge is 2.52. The minimum Gasteiger partial charge on any atom is -0.389 e. The fraction of sp³-hybridized carbons (Fsp3) is 0.625. The molecule has 72 valence electrons. The van der Waals surface area contributed by atoms with Gasteiger partial charge in [-0.2, -0.15) is 0 Å². The molecule has 1 saturated heterocycles. The van der Waals surface area contributed by atoms with Crippen molar-refractivity contribution in [2.45, 2.75) is 18.0 Å². The first kappa shape index (κ1) is 9.08. The van der Waals surface area contributed by atoms with E-state index in [9.17, 15) is 0 Å². The van der Waals surface area contributed by atoms with E-state index in [4.69, 9.17) is 32.2 Å². The zero-order chi connectivity index (χ0) is 9.47. The third-order valence-corrected chi connectivity index (χ3v) is 2.55. The Labute approximate surface area is 81.6 Å². The van der Waals surface area contributed by atoms with E-state index >= 15 is 0 Å². The average Bonchev–Trinajstić information content (AvgIpc) is 2.46. The summed E-state index contributed by atoms with van der Waals surface area (Å²) >= 11 is 4.91. The van der Waals surface area contributed by atoms with Crippen molar-refractivity contribution in [2.24, 2.45) is 5.73 Å². The predicted octanol–water partition coefficient (Wildman–Crippen LogP) is -0.0310. The Bertz CT molecular complexity index is 268. The molecule has 2 N–H and O–H groups in total. The highest BCUT2D eigenvalue weighted by Crippen LogP contribution is 2.34. The molecular weight excluding hydrogens is 190 g/mol. The van der Waals surface area contributed by atoms with E-state index in [2.05, 4.69) is 0 Å². The van der Waals surface area contributed by atoms with E-state index in [1.165, 1.54) is 0 Å². The number of fused-ring (bicyclic) bond motifs is 2. The van der Waals surface area contributed by atoms with E-state index in [1.807, 2.05) is 12.2 Å². The molecule has 1 fully saturated rings. The lowest BCUT2D eigenvalue weighted by atomic mass is 10.1. The zero-order valence-electron chi connectivity index (χ0n) is 7.23. The Kier molecular flexibility index (Phi) is 2.11. The van der Waals surface area contributed by atoms with Crippen LogP contribution >= 0.6 is 12.2 Å². The minimum atomic E-state index is -1.04. The molecule has 2 aliphatic heterocycles. The van der Waals surface area contributed by atoms with Crippen molar-refractivity contribution in [3.05, 3.63) is 12.2 Å². The molecule has 0 spiro atoms. The molecular formula is C8H11NO3S. The fourth-order valence-corrected chi connectivity index (χ4v) is 1.82. The van der Waals surface area contributed by atoms with Gasteiger partial charge in [-0.05, 0) is 0 Å². The van der Waals surface area contributed by atoms with Gasteiger partial charge >= 0.3 is 0 Å². The lowest BCUT2D eigenvalue weighted by Gasteiger charge is -2.33. The molecule has 0 aliphatic carbocycles. The van der Waals surface area contributed by atoms with Crippen molar-refractivity contribution in [3.63, 3.8) is 0 Å². The Morgan fingerprint density at radius 2 is 2.46 bits per heavy atom. The van der Waals surface area contributed by atoms with Gasteiger partial charge in [-0.15, -0.1) is 0 Å². The van der Waals surface area contributed by atoms with Gasteiger partial charge in [-0.25, -0.2) is 0 Å². The first-order valence-electron chi connectivity index (χ1n) is 4.02. The Hall–Kier alpha value is -0.490. The Balaban J connectivity index is 2.34. The van der Waals surface area contributed by atoms with Crippen LogP contribution in [0.5, 0.6) is 0 Å². The van der Waals surface area contributed by atoms with Crippen LogP contribution in [-0.4, -0.2) is 36.7 Å². The molecule has 2 bridgehead atoms. The summed E-state index contributed by atoms with van der Waals surface area (Å²) in [6, 6.07) is 0. The number of thiocarbonyl (C=S) groups is 1. The summed E-state index contributed by atoms with van der Waals surface area (Å²) in [5, 5.41) is 0. The third-order valence-electron chi connectivity index (χ3n) is 2.26. The highest BCUT2D eigenvalue weighted by molar-refractivity contribution is 7.80. The summed E-state index contributed by atoms with van der Waals surface area (Å²) in [5.74, 6) is -1.04. The second-order valence-corrected chi connectivity index (χ2v) is 3.48. The van der Waals surface area contributed by atoms with Gasteiger partial charge in [0.25, 0.3) is 5.79 Å². The van der Waals surface area contributed by atoms with Gasteiger partial charge in [0.1, 0.15) is 17.2 Å². The summed E-state index contributed by atoms with van der Waals surface area (Å²) < 4.78 is 16.2. The molecule has 2 rings (SSSR count). The second-order valence-electron chi connectivity index (χ2n) is 3.04. The molecule has 0 aromatic rings. The SMILES string of the molecule is CO[C@H]1C=C[C@H]2CO[C@]1(C(N)=S)O2. The van der Waals surface area contributed by atoms with Crippen LogP contribution in [-0.2, 0) is 14.2 Å². The molecule has 0 amide bonds. The average molecular weight is 201 g/mol. The Morgan fingerprint density at radius 1 is 1.69 bits per heavy atom. The molecule has 5 heteroatoms. The second kappa shape index (κ2) is 3.02. The minimum absolute atomic E-state index is 0.0482. The van der Waals surface area contributed by atoms with Crippen molar-refractivity contribution < 1.29 is 14.2 Å². The van der Waals surface area contributed by atoms with Crippen LogP contribution in [0.1, 0.15) is 0 Å². The van der Waals surface area contributed by atoms with Crippen LogP contribution in [0.25, 0.3) is 0 Å². The van der Waals surface area contributed by atoms with Crippen molar-refractivity contribution in [1.29, 1.82) is 0 Å². The largest absolute Gasteiger partial charge is 0.389 e. The van der Waals surface area contributed by atoms with Crippen molar-refractivity contribution >= 4 is 17.2 Å². The monoisotopic (exact) mass is 201 g/mol. The standard InChI is InChI=1S/C8H11NO3S/c1-10-6-3-2-5-4-11-8(6,12-5)7(9)13/h2-3,5-6H,4H2,1H3,(H2,9,13)/t5-,6-,8-/m0/s1. The lowest BCUT2D eigenvalue weighted by Crippen LogP contribution is -2.54. The van der Waals surface area contributed by atoms with E-state index < -0.39 is 5.79 Å². The molecule has 3 atom stereocenters. The third kappa shape index (κ3) is 1.20. The van der Waals surface area contributed by atoms with E-state index in [1.54, 1.807) is 7.11 Å². The summed E-state index contributed by atoms with van der Waals surface area (Å²) in [7, 11) is 1.57.